The normalized spacial score (nSPS) is 16.8. The van der Waals surface area contributed by atoms with Crippen LogP contribution < -0.4 is 9.05 Å². The first-order valence-electron chi connectivity index (χ1n) is 15.3. The molecule has 0 atom stereocenters. The van der Waals surface area contributed by atoms with E-state index in [0.29, 0.717) is 11.5 Å². The third-order valence-corrected chi connectivity index (χ3v) is 10.1. The van der Waals surface area contributed by atoms with Crippen LogP contribution in [-0.4, -0.2) is 4.89 Å². The number of benzene rings is 4. The lowest BCUT2D eigenvalue weighted by Crippen LogP contribution is -2.10. The maximum atomic E-state index is 13.9. The highest BCUT2D eigenvalue weighted by molar-refractivity contribution is 7.48. The Morgan fingerprint density at radius 3 is 1.49 bits per heavy atom. The van der Waals surface area contributed by atoms with Crippen LogP contribution in [0.5, 0.6) is 11.5 Å². The van der Waals surface area contributed by atoms with Crippen molar-refractivity contribution in [1.82, 2.24) is 0 Å². The van der Waals surface area contributed by atoms with Crippen LogP contribution in [0, 0.1) is 0 Å². The van der Waals surface area contributed by atoms with Gasteiger partial charge in [-0.25, -0.2) is 4.57 Å². The van der Waals surface area contributed by atoms with E-state index in [2.05, 4.69) is 62.4 Å². The number of rotatable bonds is 4. The minimum atomic E-state index is -4.51. The fourth-order valence-corrected chi connectivity index (χ4v) is 8.20. The van der Waals surface area contributed by atoms with Crippen LogP contribution in [-0.2, 0) is 43.1 Å². The second-order valence-corrected chi connectivity index (χ2v) is 12.9. The monoisotopic (exact) mass is 564 g/mol. The number of hydrogen-bond acceptors (Lipinski definition) is 3. The van der Waals surface area contributed by atoms with E-state index in [9.17, 15) is 9.46 Å². The van der Waals surface area contributed by atoms with Gasteiger partial charge in [0.1, 0.15) is 11.5 Å². The Hall–Kier alpha value is -3.33. The van der Waals surface area contributed by atoms with Crippen LogP contribution in [0.4, 0.5) is 0 Å². The molecule has 0 fully saturated rings. The maximum Gasteiger partial charge on any atom is 0.584 e. The predicted octanol–water partition coefficient (Wildman–Crippen LogP) is 9.44. The largest absolute Gasteiger partial charge is 0.584 e. The summed E-state index contributed by atoms with van der Waals surface area (Å²) in [6, 6.07) is 21.2. The molecule has 4 aromatic rings. The van der Waals surface area contributed by atoms with Crippen molar-refractivity contribution in [3.63, 3.8) is 0 Å². The topological polar surface area (TPSA) is 55.8 Å². The van der Waals surface area contributed by atoms with Gasteiger partial charge in [-0.15, -0.1) is 0 Å². The van der Waals surface area contributed by atoms with Gasteiger partial charge in [-0.05, 0) is 121 Å². The Kier molecular flexibility index (Phi) is 6.80. The highest BCUT2D eigenvalue weighted by Gasteiger charge is 2.40. The van der Waals surface area contributed by atoms with Gasteiger partial charge in [0.25, 0.3) is 0 Å². The zero-order valence-corrected chi connectivity index (χ0v) is 24.9. The van der Waals surface area contributed by atoms with E-state index < -0.39 is 7.82 Å². The van der Waals surface area contributed by atoms with Gasteiger partial charge in [0.15, 0.2) is 0 Å². The molecule has 1 N–H and O–H groups in total. The van der Waals surface area contributed by atoms with Gasteiger partial charge in [-0.2, -0.15) is 0 Å². The molecule has 0 saturated heterocycles. The first kappa shape index (κ1) is 26.6. The minimum absolute atomic E-state index is 0.504. The molecular weight excluding hydrogens is 527 g/mol. The highest BCUT2D eigenvalue weighted by atomic mass is 31.2. The Bertz CT molecular complexity index is 1600. The summed E-state index contributed by atoms with van der Waals surface area (Å²) in [5, 5.41) is 0. The Morgan fingerprint density at radius 1 is 0.634 bits per heavy atom. The van der Waals surface area contributed by atoms with Crippen LogP contribution in [0.25, 0.3) is 33.4 Å². The number of aryl methyl sites for hydroxylation is 4. The van der Waals surface area contributed by atoms with Crippen LogP contribution in [0.15, 0.2) is 60.7 Å². The molecule has 0 amide bonds. The van der Waals surface area contributed by atoms with Crippen molar-refractivity contribution in [3.05, 3.63) is 94.0 Å². The summed E-state index contributed by atoms with van der Waals surface area (Å²) in [5.41, 5.74) is 13.4. The van der Waals surface area contributed by atoms with E-state index in [4.69, 9.17) is 9.05 Å². The number of phosphoric acid groups is 1. The summed E-state index contributed by atoms with van der Waals surface area (Å²) in [6.45, 7) is 4.31. The summed E-state index contributed by atoms with van der Waals surface area (Å²) in [6.07, 6.45) is 10.0. The van der Waals surface area contributed by atoms with Crippen LogP contribution in [0.3, 0.4) is 0 Å². The number of phosphoric ester groups is 1. The molecule has 41 heavy (non-hydrogen) atoms. The van der Waals surface area contributed by atoms with Gasteiger partial charge in [0, 0.05) is 22.3 Å². The molecule has 0 aromatic heterocycles. The van der Waals surface area contributed by atoms with Crippen LogP contribution >= 0.6 is 7.82 Å². The molecule has 1 aliphatic heterocycles. The first-order valence-corrected chi connectivity index (χ1v) is 16.7. The fourth-order valence-electron chi connectivity index (χ4n) is 7.32. The molecule has 7 rings (SSSR count). The van der Waals surface area contributed by atoms with Crippen molar-refractivity contribution in [2.75, 3.05) is 0 Å². The Balaban J connectivity index is 1.65. The minimum Gasteiger partial charge on any atom is -0.394 e. The van der Waals surface area contributed by atoms with Crippen molar-refractivity contribution in [1.29, 1.82) is 0 Å². The highest BCUT2D eigenvalue weighted by Crippen LogP contribution is 2.62. The van der Waals surface area contributed by atoms with Crippen molar-refractivity contribution < 1.29 is 18.5 Å². The predicted molar refractivity (Wildman–Crippen MR) is 166 cm³/mol. The van der Waals surface area contributed by atoms with Gasteiger partial charge >= 0.3 is 7.82 Å². The molecule has 0 saturated carbocycles. The van der Waals surface area contributed by atoms with Gasteiger partial charge in [-0.3, -0.25) is 4.89 Å². The molecule has 0 radical (unpaired) electrons. The fraction of sp³-hybridized carbons (Fsp3) is 0.333. The smallest absolute Gasteiger partial charge is 0.394 e. The molecule has 210 valence electrons. The molecule has 3 aliphatic rings. The third-order valence-electron chi connectivity index (χ3n) is 9.25. The van der Waals surface area contributed by atoms with E-state index in [1.54, 1.807) is 0 Å². The molecule has 4 nitrogen and oxygen atoms in total. The number of hydrogen-bond donors (Lipinski definition) is 1. The van der Waals surface area contributed by atoms with Crippen molar-refractivity contribution in [3.8, 4) is 44.9 Å². The van der Waals surface area contributed by atoms with Crippen molar-refractivity contribution in [2.45, 2.75) is 78.1 Å². The zero-order valence-electron chi connectivity index (χ0n) is 24.0. The van der Waals surface area contributed by atoms with E-state index in [0.717, 1.165) is 97.6 Å². The molecule has 0 bridgehead atoms. The number of fused-ring (bicyclic) bond motifs is 7. The molecule has 1 heterocycles. The van der Waals surface area contributed by atoms with Crippen LogP contribution in [0.1, 0.15) is 72.9 Å². The summed E-state index contributed by atoms with van der Waals surface area (Å²) in [4.78, 5) is 11.4. The van der Waals surface area contributed by atoms with Gasteiger partial charge in [0.05, 0.1) is 0 Å². The maximum absolute atomic E-state index is 13.9. The van der Waals surface area contributed by atoms with Crippen molar-refractivity contribution >= 4 is 7.82 Å². The SMILES string of the molecule is CCc1ccccc1-c1cc2c(c3c1OP(=O)(O)Oc1c(-c4ccccc4CC)cc4c(c1-3)CCCC4)CCCC2. The van der Waals surface area contributed by atoms with Crippen LogP contribution in [0.2, 0.25) is 0 Å². The second kappa shape index (κ2) is 10.5. The van der Waals surface area contributed by atoms with Crippen molar-refractivity contribution in [2.24, 2.45) is 0 Å². The zero-order chi connectivity index (χ0) is 28.1. The average molecular weight is 565 g/mol. The third kappa shape index (κ3) is 4.53. The summed E-state index contributed by atoms with van der Waals surface area (Å²) in [5.74, 6) is 1.01. The standard InChI is InChI=1S/C36H37O4P/c1-3-23-13-5-9-17-27(23)31-21-25-15-7-11-19-29(25)33-34-30-20-12-8-16-26(30)22-32(28-18-10-6-14-24(28)4-2)36(34)40-41(37,38)39-35(31)33/h5-6,9-10,13-14,17-18,21-22H,3-4,7-8,11-12,15-16,19-20H2,1-2H3,(H,37,38). The molecule has 2 aliphatic carbocycles. The molecule has 5 heteroatoms. The quantitative estimate of drug-likeness (QED) is 0.251. The Morgan fingerprint density at radius 2 is 1.05 bits per heavy atom. The van der Waals surface area contributed by atoms with E-state index in [-0.39, 0.29) is 0 Å². The lowest BCUT2D eigenvalue weighted by atomic mass is 9.77. The van der Waals surface area contributed by atoms with E-state index in [1.165, 1.54) is 33.4 Å². The average Bonchev–Trinajstić information content (AvgIpc) is 3.13. The Labute approximate surface area is 243 Å². The first-order chi connectivity index (χ1) is 20.0. The van der Waals surface area contributed by atoms with Gasteiger partial charge < -0.3 is 9.05 Å². The molecule has 4 aromatic carbocycles. The van der Waals surface area contributed by atoms with E-state index in [1.807, 2.05) is 12.1 Å². The van der Waals surface area contributed by atoms with Gasteiger partial charge in [0.2, 0.25) is 0 Å². The summed E-state index contributed by atoms with van der Waals surface area (Å²) >= 11 is 0. The molecule has 0 spiro atoms. The lowest BCUT2D eigenvalue weighted by Gasteiger charge is -2.28. The molecule has 0 unspecified atom stereocenters. The summed E-state index contributed by atoms with van der Waals surface area (Å²) < 4.78 is 26.3. The van der Waals surface area contributed by atoms with E-state index >= 15 is 0 Å². The lowest BCUT2D eigenvalue weighted by molar-refractivity contribution is 0.295. The van der Waals surface area contributed by atoms with Gasteiger partial charge in [-0.1, -0.05) is 62.4 Å². The summed E-state index contributed by atoms with van der Waals surface area (Å²) in [7, 11) is -4.51. The molecular formula is C36H37O4P. The second-order valence-electron chi connectivity index (χ2n) is 11.6.